The molecule has 1 fully saturated rings. The molecule has 1 amide bonds. The summed E-state index contributed by atoms with van der Waals surface area (Å²) in [5.74, 6) is -0.425. The van der Waals surface area contributed by atoms with Gasteiger partial charge in [0.25, 0.3) is 5.91 Å². The quantitative estimate of drug-likeness (QED) is 0.595. The molecule has 0 radical (unpaired) electrons. The Bertz CT molecular complexity index is 842. The largest absolute Gasteiger partial charge is 0.494 e. The molecule has 1 aromatic carbocycles. The van der Waals surface area contributed by atoms with Crippen LogP contribution in [-0.4, -0.2) is 48.7 Å². The first-order valence-corrected chi connectivity index (χ1v) is 10.4. The van der Waals surface area contributed by atoms with Gasteiger partial charge in [0.15, 0.2) is 11.6 Å². The molecule has 0 aliphatic carbocycles. The highest BCUT2D eigenvalue weighted by atomic mass is 31.1. The van der Waals surface area contributed by atoms with Crippen molar-refractivity contribution in [3.8, 4) is 18.6 Å². The molecule has 0 aromatic heterocycles. The number of nitrogens with zero attached hydrogens (tertiary/aromatic N) is 2. The maximum atomic E-state index is 13.8. The molecule has 4 rings (SSSR count). The summed E-state index contributed by atoms with van der Waals surface area (Å²) in [4.78, 5) is 16.1. The van der Waals surface area contributed by atoms with Crippen molar-refractivity contribution in [2.45, 2.75) is 18.6 Å². The highest BCUT2D eigenvalue weighted by Crippen LogP contribution is 2.44. The van der Waals surface area contributed by atoms with Crippen molar-refractivity contribution in [1.82, 2.24) is 9.80 Å². The summed E-state index contributed by atoms with van der Waals surface area (Å²) < 4.78 is 18.7. The van der Waals surface area contributed by atoms with E-state index in [1.165, 1.54) is 39.1 Å². The minimum absolute atomic E-state index is 0.0463. The predicted molar refractivity (Wildman–Crippen MR) is 118 cm³/mol. The summed E-state index contributed by atoms with van der Waals surface area (Å²) in [5.41, 5.74) is 6.96. The third-order valence-corrected chi connectivity index (χ3v) is 6.19. The smallest absolute Gasteiger partial charge is 0.252 e. The lowest BCUT2D eigenvalue weighted by molar-refractivity contribution is -0.123. The molecule has 29 heavy (non-hydrogen) atoms. The van der Waals surface area contributed by atoms with E-state index in [4.69, 9.17) is 10.5 Å². The second-order valence-corrected chi connectivity index (χ2v) is 8.16. The van der Waals surface area contributed by atoms with Gasteiger partial charge in [0, 0.05) is 18.0 Å². The Hall–Kier alpha value is -2.61. The van der Waals surface area contributed by atoms with Crippen molar-refractivity contribution < 1.29 is 13.9 Å². The van der Waals surface area contributed by atoms with Crippen LogP contribution < -0.4 is 10.5 Å². The third-order valence-electron chi connectivity index (χ3n) is 4.68. The lowest BCUT2D eigenvalue weighted by atomic mass is 10.1. The average Bonchev–Trinajstić information content (AvgIpc) is 3.21. The molecule has 0 saturated carbocycles. The van der Waals surface area contributed by atoms with Gasteiger partial charge in [-0.25, -0.2) is 4.39 Å². The second-order valence-electron chi connectivity index (χ2n) is 6.74. The van der Waals surface area contributed by atoms with Gasteiger partial charge in [0.05, 0.1) is 12.9 Å². The van der Waals surface area contributed by atoms with Gasteiger partial charge in [-0.2, -0.15) is 0 Å². The molecule has 154 valence electrons. The third kappa shape index (κ3) is 5.93. The van der Waals surface area contributed by atoms with Crippen LogP contribution in [0.15, 0.2) is 48.3 Å². The molecule has 7 heteroatoms. The van der Waals surface area contributed by atoms with Gasteiger partial charge >= 0.3 is 0 Å². The standard InChI is InChI=1S/C15H14FN2O2P.C5H11N.C2H2/c1-20-12-4-2-9(6-11(12)16)13-7-14(19)18-8-10(17)3-5-15(18)21-13;1-6-4-2-3-5-6;1-2/h2-8,15,21H,17H2,1H3;2-5H2,1H3;1-2H. The molecule has 3 aliphatic heterocycles. The Morgan fingerprint density at radius 2 is 1.97 bits per heavy atom. The number of likely N-dealkylation sites (tertiary alicyclic amines) is 1. The molecule has 2 N–H and O–H groups in total. The van der Waals surface area contributed by atoms with Crippen LogP contribution in [0.4, 0.5) is 4.39 Å². The van der Waals surface area contributed by atoms with Crippen LogP contribution in [0.3, 0.4) is 0 Å². The van der Waals surface area contributed by atoms with Crippen LogP contribution in [-0.2, 0) is 4.79 Å². The predicted octanol–water partition coefficient (Wildman–Crippen LogP) is 3.35. The maximum Gasteiger partial charge on any atom is 0.252 e. The van der Waals surface area contributed by atoms with E-state index >= 15 is 0 Å². The van der Waals surface area contributed by atoms with Gasteiger partial charge in [0.1, 0.15) is 0 Å². The van der Waals surface area contributed by atoms with Crippen LogP contribution >= 0.6 is 8.58 Å². The molecule has 0 bridgehead atoms. The van der Waals surface area contributed by atoms with Gasteiger partial charge in [-0.15, -0.1) is 12.8 Å². The zero-order chi connectivity index (χ0) is 21.4. The summed E-state index contributed by atoms with van der Waals surface area (Å²) in [5, 5.41) is 0.835. The number of hydrogen-bond acceptors (Lipinski definition) is 4. The lowest BCUT2D eigenvalue weighted by Crippen LogP contribution is -2.36. The maximum absolute atomic E-state index is 13.8. The van der Waals surface area contributed by atoms with Crippen molar-refractivity contribution in [1.29, 1.82) is 0 Å². The Morgan fingerprint density at radius 1 is 1.28 bits per heavy atom. The first kappa shape index (κ1) is 22.7. The van der Waals surface area contributed by atoms with E-state index in [1.54, 1.807) is 35.4 Å². The second kappa shape index (κ2) is 10.8. The number of nitrogens with two attached hydrogens (primary N) is 1. The number of amides is 1. The molecule has 3 aliphatic rings. The van der Waals surface area contributed by atoms with Crippen molar-refractivity contribution in [3.05, 3.63) is 59.7 Å². The SMILES string of the molecule is C#C.CN1CCCC1.COc1ccc(C2=CC(=O)N3C=C(N)C=CC3P2)cc1F. The normalized spacial score (nSPS) is 21.2. The van der Waals surface area contributed by atoms with E-state index in [0.717, 1.165) is 5.31 Å². The van der Waals surface area contributed by atoms with Crippen LogP contribution in [0, 0.1) is 18.7 Å². The van der Waals surface area contributed by atoms with Crippen LogP contribution in [0.25, 0.3) is 5.31 Å². The number of fused-ring (bicyclic) bond motifs is 1. The molecule has 5 nitrogen and oxygen atoms in total. The monoisotopic (exact) mass is 415 g/mol. The zero-order valence-corrected chi connectivity index (χ0v) is 17.8. The van der Waals surface area contributed by atoms with E-state index in [9.17, 15) is 9.18 Å². The Morgan fingerprint density at radius 3 is 2.52 bits per heavy atom. The van der Waals surface area contributed by atoms with Crippen molar-refractivity contribution >= 4 is 19.8 Å². The number of methoxy groups -OCH3 is 1. The van der Waals surface area contributed by atoms with E-state index in [2.05, 4.69) is 24.8 Å². The van der Waals surface area contributed by atoms with Gasteiger partial charge in [-0.3, -0.25) is 4.79 Å². The lowest BCUT2D eigenvalue weighted by Gasteiger charge is -2.33. The molecule has 2 unspecified atom stereocenters. The summed E-state index contributed by atoms with van der Waals surface area (Å²) in [6, 6.07) is 4.74. The number of carbonyl (C=O) groups is 1. The molecular formula is C22H27FN3O2P. The topological polar surface area (TPSA) is 58.8 Å². The summed E-state index contributed by atoms with van der Waals surface area (Å²) >= 11 is 0. The van der Waals surface area contributed by atoms with Crippen molar-refractivity contribution in [2.75, 3.05) is 27.2 Å². The molecule has 0 spiro atoms. The first-order valence-electron chi connectivity index (χ1n) is 9.30. The fraction of sp³-hybridized carbons (Fsp3) is 0.318. The number of allylic oxidation sites excluding steroid dienone is 1. The number of benzene rings is 1. The molecule has 3 heterocycles. The Balaban J connectivity index is 0.000000317. The van der Waals surface area contributed by atoms with E-state index in [1.807, 2.05) is 6.08 Å². The van der Waals surface area contributed by atoms with E-state index in [-0.39, 0.29) is 17.4 Å². The van der Waals surface area contributed by atoms with Crippen LogP contribution in [0.2, 0.25) is 0 Å². The highest BCUT2D eigenvalue weighted by Gasteiger charge is 2.28. The Labute approximate surface area is 173 Å². The fourth-order valence-electron chi connectivity index (χ4n) is 3.17. The van der Waals surface area contributed by atoms with Gasteiger partial charge in [-0.1, -0.05) is 20.7 Å². The molecule has 2 atom stereocenters. The first-order chi connectivity index (χ1) is 14.0. The molecular weight excluding hydrogens is 388 g/mol. The summed E-state index contributed by atoms with van der Waals surface area (Å²) in [6.45, 7) is 2.64. The highest BCUT2D eigenvalue weighted by molar-refractivity contribution is 7.51. The molecule has 1 aromatic rings. The van der Waals surface area contributed by atoms with Crippen LogP contribution in [0.5, 0.6) is 5.75 Å². The van der Waals surface area contributed by atoms with Crippen molar-refractivity contribution in [2.24, 2.45) is 5.73 Å². The number of halogens is 1. The molecule has 1 saturated heterocycles. The number of carbonyl (C=O) groups excluding carboxylic acids is 1. The van der Waals surface area contributed by atoms with Gasteiger partial charge in [-0.05, 0) is 62.1 Å². The van der Waals surface area contributed by atoms with Crippen LogP contribution in [0.1, 0.15) is 18.4 Å². The van der Waals surface area contributed by atoms with Gasteiger partial charge < -0.3 is 20.3 Å². The van der Waals surface area contributed by atoms with Crippen molar-refractivity contribution in [3.63, 3.8) is 0 Å². The number of ether oxygens (including phenoxy) is 1. The van der Waals surface area contributed by atoms with E-state index in [0.29, 0.717) is 19.8 Å². The average molecular weight is 415 g/mol. The minimum Gasteiger partial charge on any atom is -0.494 e. The fourth-order valence-corrected chi connectivity index (χ4v) is 4.55. The number of terminal acetylenes is 1. The van der Waals surface area contributed by atoms with E-state index < -0.39 is 5.82 Å². The Kier molecular flexibility index (Phi) is 8.45. The number of rotatable bonds is 2. The van der Waals surface area contributed by atoms with Gasteiger partial charge in [0.2, 0.25) is 0 Å². The minimum atomic E-state index is -0.432. The summed E-state index contributed by atoms with van der Waals surface area (Å²) in [6.07, 6.45) is 17.7. The number of hydrogen-bond donors (Lipinski definition) is 1. The zero-order valence-electron chi connectivity index (χ0n) is 16.8. The summed E-state index contributed by atoms with van der Waals surface area (Å²) in [7, 11) is 3.94.